The zero-order valence-corrected chi connectivity index (χ0v) is 18.5. The normalized spacial score (nSPS) is 10.5. The van der Waals surface area contributed by atoms with E-state index in [1.807, 2.05) is 19.9 Å². The van der Waals surface area contributed by atoms with Crippen LogP contribution in [-0.4, -0.2) is 29.8 Å². The first-order valence-corrected chi connectivity index (χ1v) is 10.4. The van der Waals surface area contributed by atoms with Gasteiger partial charge in [-0.15, -0.1) is 0 Å². The van der Waals surface area contributed by atoms with E-state index in [4.69, 9.17) is 21.7 Å². The van der Waals surface area contributed by atoms with Crippen LogP contribution in [-0.2, 0) is 6.54 Å². The molecule has 0 heterocycles. The standard InChI is InChI=1S/C23H32N2O2S/c1-6-13-25(23(28)24-20-11-9-17(4)18(5)14-20)16-19-10-12-21(26-7-2)22(15-19)27-8-3/h9-12,14-15H,6-8,13,16H2,1-5H3,(H,24,28). The lowest BCUT2D eigenvalue weighted by atomic mass is 10.1. The van der Waals surface area contributed by atoms with E-state index in [9.17, 15) is 0 Å². The third-order valence-electron chi connectivity index (χ3n) is 4.52. The summed E-state index contributed by atoms with van der Waals surface area (Å²) in [6.45, 7) is 13.2. The van der Waals surface area contributed by atoms with Gasteiger partial charge in [0.1, 0.15) is 0 Å². The van der Waals surface area contributed by atoms with Gasteiger partial charge in [0.25, 0.3) is 0 Å². The number of nitrogens with zero attached hydrogens (tertiary/aromatic N) is 1. The van der Waals surface area contributed by atoms with E-state index in [0.717, 1.165) is 47.4 Å². The topological polar surface area (TPSA) is 33.7 Å². The van der Waals surface area contributed by atoms with Crippen molar-refractivity contribution in [2.45, 2.75) is 47.6 Å². The van der Waals surface area contributed by atoms with E-state index in [0.29, 0.717) is 13.2 Å². The fraction of sp³-hybridized carbons (Fsp3) is 0.435. The molecular weight excluding hydrogens is 368 g/mol. The Morgan fingerprint density at radius 3 is 2.29 bits per heavy atom. The quantitative estimate of drug-likeness (QED) is 0.545. The maximum absolute atomic E-state index is 5.76. The van der Waals surface area contributed by atoms with Gasteiger partial charge in [0.15, 0.2) is 16.6 Å². The van der Waals surface area contributed by atoms with Crippen LogP contribution in [0.25, 0.3) is 0 Å². The Labute approximate surface area is 174 Å². The second-order valence-corrected chi connectivity index (χ2v) is 7.18. The molecule has 0 amide bonds. The summed E-state index contributed by atoms with van der Waals surface area (Å²) in [5, 5.41) is 4.12. The van der Waals surface area contributed by atoms with Crippen LogP contribution in [0.5, 0.6) is 11.5 Å². The number of thiocarbonyl (C=S) groups is 1. The zero-order chi connectivity index (χ0) is 20.5. The number of anilines is 1. The van der Waals surface area contributed by atoms with Gasteiger partial charge in [-0.05, 0) is 87.3 Å². The molecule has 1 N–H and O–H groups in total. The smallest absolute Gasteiger partial charge is 0.173 e. The van der Waals surface area contributed by atoms with E-state index in [1.165, 1.54) is 11.1 Å². The first-order valence-electron chi connectivity index (χ1n) is 10.00. The molecule has 0 saturated carbocycles. The number of aryl methyl sites for hydroxylation is 2. The van der Waals surface area contributed by atoms with Crippen molar-refractivity contribution >= 4 is 23.0 Å². The monoisotopic (exact) mass is 400 g/mol. The minimum Gasteiger partial charge on any atom is -0.490 e. The van der Waals surface area contributed by atoms with Crippen LogP contribution in [0.15, 0.2) is 36.4 Å². The largest absolute Gasteiger partial charge is 0.490 e. The molecule has 4 nitrogen and oxygen atoms in total. The minimum atomic E-state index is 0.606. The molecule has 0 aromatic heterocycles. The lowest BCUT2D eigenvalue weighted by molar-refractivity contribution is 0.287. The molecule has 0 atom stereocenters. The van der Waals surface area contributed by atoms with Gasteiger partial charge in [-0.25, -0.2) is 0 Å². The number of ether oxygens (including phenoxy) is 2. The van der Waals surface area contributed by atoms with Crippen molar-refractivity contribution in [2.75, 3.05) is 25.1 Å². The molecule has 28 heavy (non-hydrogen) atoms. The zero-order valence-electron chi connectivity index (χ0n) is 17.7. The van der Waals surface area contributed by atoms with E-state index in [2.05, 4.69) is 61.3 Å². The van der Waals surface area contributed by atoms with Gasteiger partial charge >= 0.3 is 0 Å². The Bertz CT molecular complexity index is 792. The number of rotatable bonds is 9. The van der Waals surface area contributed by atoms with Crippen molar-refractivity contribution in [3.05, 3.63) is 53.1 Å². The first kappa shape index (κ1) is 22.0. The molecule has 0 spiro atoms. The predicted molar refractivity (Wildman–Crippen MR) is 122 cm³/mol. The Hall–Kier alpha value is -2.27. The molecule has 0 unspecified atom stereocenters. The summed E-state index contributed by atoms with van der Waals surface area (Å²) in [5.74, 6) is 1.57. The van der Waals surface area contributed by atoms with Crippen molar-refractivity contribution in [1.29, 1.82) is 0 Å². The van der Waals surface area contributed by atoms with Crippen LogP contribution < -0.4 is 14.8 Å². The third-order valence-corrected chi connectivity index (χ3v) is 4.88. The predicted octanol–water partition coefficient (Wildman–Crippen LogP) is 5.71. The molecule has 0 aliphatic rings. The fourth-order valence-electron chi connectivity index (χ4n) is 2.96. The Kier molecular flexibility index (Phi) is 8.58. The average molecular weight is 401 g/mol. The van der Waals surface area contributed by atoms with Crippen LogP contribution >= 0.6 is 12.2 Å². The maximum Gasteiger partial charge on any atom is 0.173 e. The van der Waals surface area contributed by atoms with E-state index < -0.39 is 0 Å². The third kappa shape index (κ3) is 6.13. The molecule has 0 aliphatic carbocycles. The Balaban J connectivity index is 2.15. The SMILES string of the molecule is CCCN(Cc1ccc(OCC)c(OCC)c1)C(=S)Nc1ccc(C)c(C)c1. The summed E-state index contributed by atoms with van der Waals surface area (Å²) < 4.78 is 11.4. The van der Waals surface area contributed by atoms with Gasteiger partial charge in [-0.3, -0.25) is 0 Å². The summed E-state index contributed by atoms with van der Waals surface area (Å²) in [4.78, 5) is 2.19. The molecule has 0 bridgehead atoms. The van der Waals surface area contributed by atoms with Crippen molar-refractivity contribution in [2.24, 2.45) is 0 Å². The summed E-state index contributed by atoms with van der Waals surface area (Å²) >= 11 is 5.71. The summed E-state index contributed by atoms with van der Waals surface area (Å²) in [7, 11) is 0. The summed E-state index contributed by atoms with van der Waals surface area (Å²) in [6.07, 6.45) is 1.02. The number of hydrogen-bond acceptors (Lipinski definition) is 3. The average Bonchev–Trinajstić information content (AvgIpc) is 2.66. The van der Waals surface area contributed by atoms with Gasteiger partial charge in [0, 0.05) is 18.8 Å². The maximum atomic E-state index is 5.76. The highest BCUT2D eigenvalue weighted by Gasteiger charge is 2.13. The highest BCUT2D eigenvalue weighted by molar-refractivity contribution is 7.80. The van der Waals surface area contributed by atoms with Crippen LogP contribution in [0, 0.1) is 13.8 Å². The van der Waals surface area contributed by atoms with E-state index >= 15 is 0 Å². The number of nitrogens with one attached hydrogen (secondary N) is 1. The van der Waals surface area contributed by atoms with Crippen molar-refractivity contribution < 1.29 is 9.47 Å². The molecule has 0 fully saturated rings. The molecule has 0 radical (unpaired) electrons. The number of benzene rings is 2. The van der Waals surface area contributed by atoms with Crippen molar-refractivity contribution in [3.8, 4) is 11.5 Å². The highest BCUT2D eigenvalue weighted by Crippen LogP contribution is 2.29. The molecule has 5 heteroatoms. The molecule has 0 aliphatic heterocycles. The second-order valence-electron chi connectivity index (χ2n) is 6.80. The highest BCUT2D eigenvalue weighted by atomic mass is 32.1. The van der Waals surface area contributed by atoms with E-state index in [1.54, 1.807) is 0 Å². The van der Waals surface area contributed by atoms with Gasteiger partial charge in [0.2, 0.25) is 0 Å². The van der Waals surface area contributed by atoms with Gasteiger partial charge in [-0.1, -0.05) is 19.1 Å². The lowest BCUT2D eigenvalue weighted by Gasteiger charge is -2.26. The Morgan fingerprint density at radius 2 is 1.64 bits per heavy atom. The van der Waals surface area contributed by atoms with Gasteiger partial charge < -0.3 is 19.7 Å². The molecular formula is C23H32N2O2S. The van der Waals surface area contributed by atoms with Crippen LogP contribution in [0.2, 0.25) is 0 Å². The molecule has 2 aromatic carbocycles. The Morgan fingerprint density at radius 1 is 0.929 bits per heavy atom. The summed E-state index contributed by atoms with van der Waals surface area (Å²) in [6, 6.07) is 12.4. The molecule has 0 saturated heterocycles. The minimum absolute atomic E-state index is 0.606. The van der Waals surface area contributed by atoms with Crippen LogP contribution in [0.3, 0.4) is 0 Å². The van der Waals surface area contributed by atoms with E-state index in [-0.39, 0.29) is 0 Å². The lowest BCUT2D eigenvalue weighted by Crippen LogP contribution is -2.34. The van der Waals surface area contributed by atoms with Crippen LogP contribution in [0.1, 0.15) is 43.9 Å². The molecule has 2 aromatic rings. The fourth-order valence-corrected chi connectivity index (χ4v) is 3.23. The number of hydrogen-bond donors (Lipinski definition) is 1. The van der Waals surface area contributed by atoms with Gasteiger partial charge in [0.05, 0.1) is 13.2 Å². The molecule has 152 valence electrons. The van der Waals surface area contributed by atoms with Crippen LogP contribution in [0.4, 0.5) is 5.69 Å². The summed E-state index contributed by atoms with van der Waals surface area (Å²) in [5.41, 5.74) is 4.70. The molecule has 2 rings (SSSR count). The van der Waals surface area contributed by atoms with Crippen molar-refractivity contribution in [1.82, 2.24) is 4.90 Å². The van der Waals surface area contributed by atoms with Gasteiger partial charge in [-0.2, -0.15) is 0 Å². The second kappa shape index (κ2) is 10.9. The first-order chi connectivity index (χ1) is 13.5. The van der Waals surface area contributed by atoms with Crippen molar-refractivity contribution in [3.63, 3.8) is 0 Å².